The van der Waals surface area contributed by atoms with Crippen LogP contribution in [0.15, 0.2) is 72.9 Å². The minimum absolute atomic E-state index is 0.231. The van der Waals surface area contributed by atoms with E-state index in [1.54, 1.807) is 7.11 Å². The number of fused-ring (bicyclic) bond motifs is 3. The normalized spacial score (nSPS) is 11.3. The number of halogens is 1. The largest absolute Gasteiger partial charge is 0.497 e. The molecule has 148 valence electrons. The van der Waals surface area contributed by atoms with Gasteiger partial charge in [-0.25, -0.2) is 4.39 Å². The Balaban J connectivity index is 1.70. The molecule has 0 fully saturated rings. The molecule has 3 aromatic rings. The van der Waals surface area contributed by atoms with Crippen LogP contribution in [0, 0.1) is 12.7 Å². The second kappa shape index (κ2) is 7.26. The van der Waals surface area contributed by atoms with E-state index in [0.29, 0.717) is 6.54 Å². The minimum atomic E-state index is -0.231. The molecule has 30 heavy (non-hydrogen) atoms. The van der Waals surface area contributed by atoms with E-state index in [4.69, 9.17) is 4.74 Å². The second-order valence-electron chi connectivity index (χ2n) is 7.44. The average Bonchev–Trinajstić information content (AvgIpc) is 3.19. The van der Waals surface area contributed by atoms with Crippen LogP contribution >= 0.6 is 0 Å². The topological polar surface area (TPSA) is 39.9 Å². The maximum Gasteiger partial charge on any atom is 0.123 e. The Hall–Kier alpha value is -3.73. The molecule has 0 saturated carbocycles. The molecule has 4 nitrogen and oxygen atoms in total. The van der Waals surface area contributed by atoms with Crippen LogP contribution in [0.3, 0.4) is 0 Å². The molecule has 0 aromatic heterocycles. The second-order valence-corrected chi connectivity index (χ2v) is 7.44. The van der Waals surface area contributed by atoms with Crippen molar-refractivity contribution in [1.29, 1.82) is 0 Å². The van der Waals surface area contributed by atoms with E-state index in [9.17, 15) is 4.39 Å². The van der Waals surface area contributed by atoms with Crippen molar-refractivity contribution in [3.63, 3.8) is 0 Å². The zero-order valence-corrected chi connectivity index (χ0v) is 16.8. The summed E-state index contributed by atoms with van der Waals surface area (Å²) in [4.78, 5) is 0. The number of rotatable bonds is 4. The lowest BCUT2D eigenvalue weighted by Crippen LogP contribution is -2.04. The van der Waals surface area contributed by atoms with Crippen LogP contribution in [0.25, 0.3) is 33.4 Å². The van der Waals surface area contributed by atoms with Gasteiger partial charge >= 0.3 is 0 Å². The van der Waals surface area contributed by atoms with Gasteiger partial charge in [-0.05, 0) is 61.0 Å². The van der Waals surface area contributed by atoms with E-state index in [0.717, 1.165) is 50.3 Å². The summed E-state index contributed by atoms with van der Waals surface area (Å²) in [7, 11) is 1.65. The Kier molecular flexibility index (Phi) is 4.43. The van der Waals surface area contributed by atoms with Gasteiger partial charge < -0.3 is 9.30 Å². The van der Waals surface area contributed by atoms with Crippen LogP contribution in [0.5, 0.6) is 5.75 Å². The molecule has 2 aliphatic rings. The van der Waals surface area contributed by atoms with Crippen molar-refractivity contribution in [3.05, 3.63) is 89.9 Å². The molecule has 2 heterocycles. The van der Waals surface area contributed by atoms with Gasteiger partial charge in [-0.15, -0.1) is 10.2 Å². The average molecular weight is 397 g/mol. The highest BCUT2D eigenvalue weighted by atomic mass is 19.1. The zero-order valence-electron chi connectivity index (χ0n) is 16.8. The van der Waals surface area contributed by atoms with Crippen molar-refractivity contribution in [2.75, 3.05) is 7.11 Å². The third-order valence-electron chi connectivity index (χ3n) is 5.39. The number of hydrogen-bond acceptors (Lipinski definition) is 3. The van der Waals surface area contributed by atoms with Gasteiger partial charge in [0.25, 0.3) is 0 Å². The molecule has 0 aliphatic carbocycles. The number of methoxy groups -OCH3 is 1. The van der Waals surface area contributed by atoms with Crippen LogP contribution in [0.1, 0.15) is 11.1 Å². The van der Waals surface area contributed by atoms with Crippen LogP contribution in [-0.2, 0) is 6.54 Å². The summed E-state index contributed by atoms with van der Waals surface area (Å²) in [5.41, 5.74) is 6.95. The van der Waals surface area contributed by atoms with Crippen molar-refractivity contribution >= 4 is 10.9 Å². The van der Waals surface area contributed by atoms with Gasteiger partial charge in [0.15, 0.2) is 0 Å². The van der Waals surface area contributed by atoms with Gasteiger partial charge in [0.1, 0.15) is 23.0 Å². The highest BCUT2D eigenvalue weighted by Gasteiger charge is 2.20. The van der Waals surface area contributed by atoms with E-state index in [1.165, 1.54) is 12.1 Å². The van der Waals surface area contributed by atoms with Crippen LogP contribution < -0.4 is 4.74 Å². The summed E-state index contributed by atoms with van der Waals surface area (Å²) >= 11 is 0. The number of aromatic nitrogens is 3. The molecule has 0 bridgehead atoms. The number of benzene rings is 3. The maximum absolute atomic E-state index is 13.4. The Bertz CT molecular complexity index is 1310. The Morgan fingerprint density at radius 2 is 1.63 bits per heavy atom. The van der Waals surface area contributed by atoms with Gasteiger partial charge in [0.05, 0.1) is 12.6 Å². The van der Waals surface area contributed by atoms with Crippen LogP contribution in [0.2, 0.25) is 0 Å². The number of nitrogens with zero attached hydrogens (tertiary/aromatic N) is 3. The molecular weight excluding hydrogens is 377 g/mol. The molecule has 0 radical (unpaired) electrons. The van der Waals surface area contributed by atoms with Crippen molar-refractivity contribution in [3.8, 4) is 28.3 Å². The van der Waals surface area contributed by atoms with Gasteiger partial charge in [-0.1, -0.05) is 23.8 Å². The molecule has 2 aliphatic heterocycles. The molecule has 0 unspecified atom stereocenters. The Labute approximate surface area is 173 Å². The molecule has 0 atom stereocenters. The van der Waals surface area contributed by atoms with E-state index >= 15 is 0 Å². The first-order valence-electron chi connectivity index (χ1n) is 9.77. The monoisotopic (exact) mass is 397 g/mol. The molecule has 0 N–H and O–H groups in total. The number of aryl methyl sites for hydroxylation is 1. The van der Waals surface area contributed by atoms with Crippen LogP contribution in [-0.4, -0.2) is 21.9 Å². The zero-order chi connectivity index (χ0) is 20.7. The van der Waals surface area contributed by atoms with E-state index in [1.807, 2.05) is 36.4 Å². The summed E-state index contributed by atoms with van der Waals surface area (Å²) in [6.45, 7) is 2.70. The minimum Gasteiger partial charge on any atom is -0.497 e. The summed E-state index contributed by atoms with van der Waals surface area (Å²) in [5.74, 6) is 0.570. The fourth-order valence-corrected chi connectivity index (χ4v) is 3.84. The van der Waals surface area contributed by atoms with Crippen molar-refractivity contribution < 1.29 is 9.13 Å². The van der Waals surface area contributed by atoms with Crippen molar-refractivity contribution in [2.24, 2.45) is 0 Å². The highest BCUT2D eigenvalue weighted by Crippen LogP contribution is 2.37. The predicted octanol–water partition coefficient (Wildman–Crippen LogP) is 5.71. The maximum atomic E-state index is 13.4. The molecule has 5 heteroatoms. The summed E-state index contributed by atoms with van der Waals surface area (Å²) < 4.78 is 20.8. The van der Waals surface area contributed by atoms with Gasteiger partial charge in [-0.3, -0.25) is 0 Å². The lowest BCUT2D eigenvalue weighted by molar-refractivity contribution is 0.415. The first-order valence-corrected chi connectivity index (χ1v) is 9.77. The SMILES string of the molecule is COc1ccc(-c2nnc3c4cc(C)ccc4n(Cc4ccc(F)cc4)cc2-3)cc1. The highest BCUT2D eigenvalue weighted by molar-refractivity contribution is 5.98. The van der Waals surface area contributed by atoms with E-state index in [-0.39, 0.29) is 5.82 Å². The molecular formula is C25H20FN3O. The third kappa shape index (κ3) is 3.18. The summed E-state index contributed by atoms with van der Waals surface area (Å²) in [5, 5.41) is 10.1. The molecule has 0 saturated heterocycles. The Morgan fingerprint density at radius 1 is 0.900 bits per heavy atom. The fraction of sp³-hybridized carbons (Fsp3) is 0.120. The van der Waals surface area contributed by atoms with Crippen molar-refractivity contribution in [2.45, 2.75) is 13.5 Å². The Morgan fingerprint density at radius 3 is 2.37 bits per heavy atom. The summed E-state index contributed by atoms with van der Waals surface area (Å²) in [6.07, 6.45) is 2.09. The summed E-state index contributed by atoms with van der Waals surface area (Å²) in [6, 6.07) is 20.8. The van der Waals surface area contributed by atoms with Gasteiger partial charge in [0.2, 0.25) is 0 Å². The quantitative estimate of drug-likeness (QED) is 0.390. The number of ether oxygens (including phenoxy) is 1. The fourth-order valence-electron chi connectivity index (χ4n) is 3.84. The number of hydrogen-bond donors (Lipinski definition) is 0. The molecule has 5 rings (SSSR count). The van der Waals surface area contributed by atoms with E-state index in [2.05, 4.69) is 46.1 Å². The smallest absolute Gasteiger partial charge is 0.123 e. The van der Waals surface area contributed by atoms with Gasteiger partial charge in [0, 0.05) is 29.3 Å². The van der Waals surface area contributed by atoms with Crippen molar-refractivity contribution in [1.82, 2.24) is 14.8 Å². The standard InChI is InChI=1S/C25H20FN3O/c1-16-3-12-23-21(13-16)25-22(15-29(23)14-17-4-8-19(26)9-5-17)24(27-28-25)18-6-10-20(30-2)11-7-18/h3-13,15H,14H2,1-2H3. The number of pyridine rings is 1. The lowest BCUT2D eigenvalue weighted by Gasteiger charge is -2.16. The van der Waals surface area contributed by atoms with Gasteiger partial charge in [-0.2, -0.15) is 0 Å². The third-order valence-corrected chi connectivity index (χ3v) is 5.39. The first-order chi connectivity index (χ1) is 14.6. The van der Waals surface area contributed by atoms with Crippen LogP contribution in [0.4, 0.5) is 4.39 Å². The predicted molar refractivity (Wildman–Crippen MR) is 116 cm³/mol. The van der Waals surface area contributed by atoms with E-state index < -0.39 is 0 Å². The molecule has 0 spiro atoms. The lowest BCUT2D eigenvalue weighted by atomic mass is 10.0. The first kappa shape index (κ1) is 18.3. The molecule has 0 amide bonds. The molecule has 3 aromatic carbocycles.